The molecule has 3 fully saturated rings. The average Bonchev–Trinajstić information content (AvgIpc) is 3.19. The Hall–Kier alpha value is -1.73. The molecule has 0 aromatic carbocycles. The number of unbranched alkanes of at least 4 members (excludes halogenated alkanes) is 5. The normalized spacial score (nSPS) is 37.9. The molecule has 0 spiro atoms. The summed E-state index contributed by atoms with van der Waals surface area (Å²) >= 11 is 0. The van der Waals surface area contributed by atoms with Crippen LogP contribution in [-0.2, 0) is 33.2 Å². The van der Waals surface area contributed by atoms with Gasteiger partial charge in [0.1, 0.15) is 73.2 Å². The van der Waals surface area contributed by atoms with Gasteiger partial charge in [0.2, 0.25) is 5.91 Å². The monoisotopic (exact) mass is 811 g/mol. The van der Waals surface area contributed by atoms with E-state index in [0.717, 1.165) is 38.5 Å². The second-order valence-electron chi connectivity index (χ2n) is 14.4. The lowest BCUT2D eigenvalue weighted by Crippen LogP contribution is -2.66. The lowest BCUT2D eigenvalue weighted by Gasteiger charge is -2.48. The maximum Gasteiger partial charge on any atom is 0.220 e. The van der Waals surface area contributed by atoms with Crippen molar-refractivity contribution in [3.8, 4) is 0 Å². The van der Waals surface area contributed by atoms with Gasteiger partial charge >= 0.3 is 0 Å². The first kappa shape index (κ1) is 48.6. The van der Waals surface area contributed by atoms with Crippen LogP contribution in [0.2, 0.25) is 0 Å². The molecule has 17 atom stereocenters. The van der Waals surface area contributed by atoms with E-state index in [2.05, 4.69) is 25.2 Å². The molecule has 12 N–H and O–H groups in total. The van der Waals surface area contributed by atoms with Crippen LogP contribution < -0.4 is 5.32 Å². The molecular weight excluding hydrogens is 746 g/mol. The van der Waals surface area contributed by atoms with Crippen LogP contribution in [-0.4, -0.2) is 193 Å². The molecular formula is C37H65NO18. The molecule has 19 heteroatoms. The maximum atomic E-state index is 12.8. The van der Waals surface area contributed by atoms with E-state index in [0.29, 0.717) is 12.8 Å². The van der Waals surface area contributed by atoms with Gasteiger partial charge in [-0.25, -0.2) is 0 Å². The molecule has 0 aromatic rings. The van der Waals surface area contributed by atoms with Crippen LogP contribution in [0.5, 0.6) is 0 Å². The van der Waals surface area contributed by atoms with E-state index in [4.69, 9.17) is 28.4 Å². The van der Waals surface area contributed by atoms with Gasteiger partial charge in [0.05, 0.1) is 38.6 Å². The van der Waals surface area contributed by atoms with Crippen molar-refractivity contribution >= 4 is 5.91 Å². The fraction of sp³-hybridized carbons (Fsp3) is 0.865. The van der Waals surface area contributed by atoms with E-state index in [1.54, 1.807) is 6.08 Å². The third-order valence-electron chi connectivity index (χ3n) is 9.98. The first-order chi connectivity index (χ1) is 26.8. The molecule has 0 aromatic heterocycles. The zero-order valence-electron chi connectivity index (χ0n) is 32.1. The Bertz CT molecular complexity index is 1160. The summed E-state index contributed by atoms with van der Waals surface area (Å²) in [7, 11) is 0. The summed E-state index contributed by atoms with van der Waals surface area (Å²) in [5.41, 5.74) is 0. The van der Waals surface area contributed by atoms with E-state index in [-0.39, 0.29) is 18.9 Å². The minimum absolute atomic E-state index is 0.226. The zero-order chi connectivity index (χ0) is 41.4. The first-order valence-electron chi connectivity index (χ1n) is 19.6. The third kappa shape index (κ3) is 13.7. The fourth-order valence-corrected chi connectivity index (χ4v) is 6.56. The highest BCUT2D eigenvalue weighted by Gasteiger charge is 2.53. The highest BCUT2D eigenvalue weighted by atomic mass is 16.8. The summed E-state index contributed by atoms with van der Waals surface area (Å²) in [5, 5.41) is 118. The first-order valence-corrected chi connectivity index (χ1v) is 19.6. The van der Waals surface area contributed by atoms with Crippen LogP contribution in [0, 0.1) is 0 Å². The minimum Gasteiger partial charge on any atom is -0.394 e. The second-order valence-corrected chi connectivity index (χ2v) is 14.4. The van der Waals surface area contributed by atoms with Gasteiger partial charge in [-0.15, -0.1) is 0 Å². The van der Waals surface area contributed by atoms with Crippen molar-refractivity contribution in [2.45, 2.75) is 176 Å². The molecule has 326 valence electrons. The van der Waals surface area contributed by atoms with Crippen molar-refractivity contribution in [1.29, 1.82) is 0 Å². The van der Waals surface area contributed by atoms with Crippen LogP contribution in [0.25, 0.3) is 0 Å². The number of ether oxygens (including phenoxy) is 6. The topological polar surface area (TPSA) is 307 Å². The molecule has 3 rings (SSSR count). The highest BCUT2D eigenvalue weighted by Crippen LogP contribution is 2.32. The predicted molar refractivity (Wildman–Crippen MR) is 194 cm³/mol. The number of nitrogens with one attached hydrogen (secondary N) is 1. The standard InChI is InChI=1S/C37H65NO18/c1-3-5-7-9-10-11-12-14-21(42)20(38-25(43)15-13-8-6-4-2)19-51-35-31(49)28(46)33(23(17-40)53-35)56-37-32(50)29(47)34(24(18-41)54-37)55-36-30(48)27(45)26(44)22(16-39)52-36/h7,9,12,14,20-24,26-37,39-42,44-50H,3-6,8,10-11,13,15-19H2,1-2H3,(H,38,43)/b9-7+,14-12+. The number of hydrogen-bond donors (Lipinski definition) is 12. The fourth-order valence-electron chi connectivity index (χ4n) is 6.56. The second kappa shape index (κ2) is 25.0. The van der Waals surface area contributed by atoms with Crippen molar-refractivity contribution < 1.29 is 89.4 Å². The molecule has 0 radical (unpaired) electrons. The number of allylic oxidation sites excluding steroid dienone is 3. The van der Waals surface area contributed by atoms with Gasteiger partial charge in [-0.1, -0.05) is 63.8 Å². The molecule has 17 unspecified atom stereocenters. The Morgan fingerprint density at radius 2 is 1.14 bits per heavy atom. The van der Waals surface area contributed by atoms with Crippen molar-refractivity contribution in [2.75, 3.05) is 26.4 Å². The van der Waals surface area contributed by atoms with Crippen LogP contribution in [0.15, 0.2) is 24.3 Å². The van der Waals surface area contributed by atoms with Gasteiger partial charge in [0.25, 0.3) is 0 Å². The van der Waals surface area contributed by atoms with Gasteiger partial charge < -0.3 is 89.9 Å². The lowest BCUT2D eigenvalue weighted by atomic mass is 9.96. The average molecular weight is 812 g/mol. The van der Waals surface area contributed by atoms with Crippen molar-refractivity contribution in [3.63, 3.8) is 0 Å². The summed E-state index contributed by atoms with van der Waals surface area (Å²) in [6, 6.07) is -0.976. The number of aliphatic hydroxyl groups excluding tert-OH is 11. The van der Waals surface area contributed by atoms with E-state index in [1.807, 2.05) is 6.08 Å². The van der Waals surface area contributed by atoms with E-state index in [1.165, 1.54) is 6.08 Å². The third-order valence-corrected chi connectivity index (χ3v) is 9.98. The predicted octanol–water partition coefficient (Wildman–Crippen LogP) is -3.04. The largest absolute Gasteiger partial charge is 0.394 e. The summed E-state index contributed by atoms with van der Waals surface area (Å²) in [5.74, 6) is -0.313. The lowest BCUT2D eigenvalue weighted by molar-refractivity contribution is -0.379. The minimum atomic E-state index is -1.97. The van der Waals surface area contributed by atoms with Crippen molar-refractivity contribution in [1.82, 2.24) is 5.32 Å². The molecule has 3 saturated heterocycles. The Morgan fingerprint density at radius 3 is 1.71 bits per heavy atom. The molecule has 19 nitrogen and oxygen atoms in total. The number of rotatable bonds is 23. The van der Waals surface area contributed by atoms with Gasteiger partial charge in [0, 0.05) is 6.42 Å². The van der Waals surface area contributed by atoms with Gasteiger partial charge in [-0.3, -0.25) is 4.79 Å². The SMILES string of the molecule is CCC/C=C/CC/C=C/C(O)C(COC1OC(CO)C(OC2OC(CO)C(OC3OC(CO)C(O)C(O)C3O)C(O)C2O)C(O)C1O)NC(=O)CCCCCC. The maximum absolute atomic E-state index is 12.8. The number of hydrogen-bond acceptors (Lipinski definition) is 18. The smallest absolute Gasteiger partial charge is 0.220 e. The Morgan fingerprint density at radius 1 is 0.625 bits per heavy atom. The van der Waals surface area contributed by atoms with Crippen molar-refractivity contribution in [3.05, 3.63) is 24.3 Å². The molecule has 0 aliphatic carbocycles. The van der Waals surface area contributed by atoms with Crippen LogP contribution in [0.3, 0.4) is 0 Å². The molecule has 0 bridgehead atoms. The van der Waals surface area contributed by atoms with E-state index < -0.39 is 124 Å². The Labute approximate surface area is 327 Å². The highest BCUT2D eigenvalue weighted by molar-refractivity contribution is 5.76. The van der Waals surface area contributed by atoms with Crippen LogP contribution in [0.1, 0.15) is 71.6 Å². The molecule has 3 aliphatic rings. The molecule has 3 heterocycles. The van der Waals surface area contributed by atoms with E-state index >= 15 is 0 Å². The van der Waals surface area contributed by atoms with Crippen LogP contribution in [0.4, 0.5) is 0 Å². The molecule has 56 heavy (non-hydrogen) atoms. The number of amides is 1. The quantitative estimate of drug-likeness (QED) is 0.0361. The molecule has 3 aliphatic heterocycles. The molecule has 0 saturated carbocycles. The van der Waals surface area contributed by atoms with E-state index in [9.17, 15) is 61.0 Å². The number of aliphatic hydroxyl groups is 11. The van der Waals surface area contributed by atoms with Gasteiger partial charge in [-0.05, 0) is 25.7 Å². The summed E-state index contributed by atoms with van der Waals surface area (Å²) in [6.07, 6.45) is -12.2. The van der Waals surface area contributed by atoms with Crippen molar-refractivity contribution in [2.24, 2.45) is 0 Å². The number of carbonyl (C=O) groups is 1. The zero-order valence-corrected chi connectivity index (χ0v) is 32.1. The Kier molecular flexibility index (Phi) is 21.7. The van der Waals surface area contributed by atoms with Gasteiger partial charge in [0.15, 0.2) is 18.9 Å². The van der Waals surface area contributed by atoms with Gasteiger partial charge in [-0.2, -0.15) is 0 Å². The number of carbonyl (C=O) groups excluding carboxylic acids is 1. The Balaban J connectivity index is 1.65. The summed E-state index contributed by atoms with van der Waals surface area (Å²) in [4.78, 5) is 12.8. The summed E-state index contributed by atoms with van der Waals surface area (Å²) < 4.78 is 33.7. The molecule has 1 amide bonds. The summed E-state index contributed by atoms with van der Waals surface area (Å²) in [6.45, 7) is 1.34. The van der Waals surface area contributed by atoms with Crippen LogP contribution >= 0.6 is 0 Å².